The number of carbonyl (C=O) groups excluding carboxylic acids is 1. The summed E-state index contributed by atoms with van der Waals surface area (Å²) in [6, 6.07) is 12.4. The molecule has 128 valence electrons. The summed E-state index contributed by atoms with van der Waals surface area (Å²) in [4.78, 5) is 18.2. The molecule has 0 unspecified atom stereocenters. The number of amides is 1. The van der Waals surface area contributed by atoms with Crippen molar-refractivity contribution in [3.05, 3.63) is 57.8 Å². The normalized spacial score (nSPS) is 13.6. The molecule has 1 N–H and O–H groups in total. The molecule has 0 aliphatic heterocycles. The van der Waals surface area contributed by atoms with Crippen molar-refractivity contribution in [3.8, 4) is 0 Å². The zero-order chi connectivity index (χ0) is 17.1. The molecule has 1 aliphatic carbocycles. The van der Waals surface area contributed by atoms with E-state index in [1.807, 2.05) is 23.6 Å². The average molecular weight is 369 g/mol. The lowest BCUT2D eigenvalue weighted by atomic mass is 9.90. The van der Waals surface area contributed by atoms with E-state index < -0.39 is 0 Å². The Balaban J connectivity index is 1.50. The lowest BCUT2D eigenvalue weighted by Crippen LogP contribution is -2.24. The Morgan fingerprint density at radius 3 is 2.80 bits per heavy atom. The first kappa shape index (κ1) is 16.6. The van der Waals surface area contributed by atoms with Crippen LogP contribution in [-0.2, 0) is 24.2 Å². The standard InChI is InChI=1S/C20H20N2OS2/c23-19(21-12-14-6-5-11-24-14)13-25-20-17-9-2-1-7-15(17)16-8-3-4-10-18(16)22-20/h3-6,8,10-11H,1-2,7,9,12-13H2,(H,21,23). The van der Waals surface area contributed by atoms with Gasteiger partial charge in [-0.05, 0) is 54.3 Å². The Hall–Kier alpha value is -1.85. The predicted molar refractivity (Wildman–Crippen MR) is 105 cm³/mol. The SMILES string of the molecule is O=C(CSc1nc2ccccc2c2c1CCCC2)NCc1cccs1. The number of benzene rings is 1. The van der Waals surface area contributed by atoms with Gasteiger partial charge in [0.2, 0.25) is 5.91 Å². The Morgan fingerprint density at radius 2 is 1.96 bits per heavy atom. The molecule has 0 atom stereocenters. The molecule has 2 heterocycles. The number of thiophene rings is 1. The van der Waals surface area contributed by atoms with Crippen molar-refractivity contribution in [1.29, 1.82) is 0 Å². The zero-order valence-corrected chi connectivity index (χ0v) is 15.6. The third-order valence-electron chi connectivity index (χ3n) is 4.56. The van der Waals surface area contributed by atoms with E-state index in [0.717, 1.165) is 23.4 Å². The zero-order valence-electron chi connectivity index (χ0n) is 14.0. The average Bonchev–Trinajstić information content (AvgIpc) is 3.18. The second-order valence-corrected chi connectivity index (χ2v) is 8.24. The molecular weight excluding hydrogens is 348 g/mol. The third kappa shape index (κ3) is 3.72. The second kappa shape index (κ2) is 7.58. The molecule has 0 spiro atoms. The molecule has 0 saturated carbocycles. The van der Waals surface area contributed by atoms with E-state index >= 15 is 0 Å². The summed E-state index contributed by atoms with van der Waals surface area (Å²) in [7, 11) is 0. The first-order valence-corrected chi connectivity index (χ1v) is 10.5. The van der Waals surface area contributed by atoms with Crippen molar-refractivity contribution >= 4 is 39.9 Å². The number of carbonyl (C=O) groups is 1. The van der Waals surface area contributed by atoms with Crippen molar-refractivity contribution in [2.24, 2.45) is 0 Å². The third-order valence-corrected chi connectivity index (χ3v) is 6.45. The van der Waals surface area contributed by atoms with Crippen LogP contribution in [0.1, 0.15) is 28.8 Å². The molecule has 1 aliphatic rings. The van der Waals surface area contributed by atoms with Crippen molar-refractivity contribution in [2.75, 3.05) is 5.75 Å². The number of fused-ring (bicyclic) bond motifs is 3. The molecule has 4 rings (SSSR count). The Labute approximate surface area is 155 Å². The van der Waals surface area contributed by atoms with E-state index in [9.17, 15) is 4.79 Å². The van der Waals surface area contributed by atoms with Crippen LogP contribution in [0.4, 0.5) is 0 Å². The molecule has 2 aromatic heterocycles. The number of para-hydroxylation sites is 1. The number of hydrogen-bond acceptors (Lipinski definition) is 4. The summed E-state index contributed by atoms with van der Waals surface area (Å²) in [6.45, 7) is 0.611. The van der Waals surface area contributed by atoms with Gasteiger partial charge in [-0.3, -0.25) is 4.79 Å². The molecule has 0 radical (unpaired) electrons. The quantitative estimate of drug-likeness (QED) is 0.670. The lowest BCUT2D eigenvalue weighted by molar-refractivity contribution is -0.118. The number of thioether (sulfide) groups is 1. The van der Waals surface area contributed by atoms with Crippen LogP contribution in [0.2, 0.25) is 0 Å². The number of aryl methyl sites for hydroxylation is 1. The van der Waals surface area contributed by atoms with Gasteiger partial charge in [-0.15, -0.1) is 11.3 Å². The first-order chi connectivity index (χ1) is 12.3. The van der Waals surface area contributed by atoms with Gasteiger partial charge in [-0.2, -0.15) is 0 Å². The van der Waals surface area contributed by atoms with Gasteiger partial charge >= 0.3 is 0 Å². The fraction of sp³-hybridized carbons (Fsp3) is 0.300. The summed E-state index contributed by atoms with van der Waals surface area (Å²) < 4.78 is 0. The minimum atomic E-state index is 0.0675. The van der Waals surface area contributed by atoms with Crippen LogP contribution in [0.3, 0.4) is 0 Å². The number of hydrogen-bond donors (Lipinski definition) is 1. The Bertz CT molecular complexity index is 890. The van der Waals surface area contributed by atoms with E-state index in [-0.39, 0.29) is 5.91 Å². The molecule has 1 amide bonds. The van der Waals surface area contributed by atoms with Crippen molar-refractivity contribution < 1.29 is 4.79 Å². The predicted octanol–water partition coefficient (Wildman–Crippen LogP) is 4.58. The molecule has 3 nitrogen and oxygen atoms in total. The number of nitrogens with one attached hydrogen (secondary N) is 1. The van der Waals surface area contributed by atoms with Gasteiger partial charge in [0, 0.05) is 10.3 Å². The lowest BCUT2D eigenvalue weighted by Gasteiger charge is -2.20. The van der Waals surface area contributed by atoms with Gasteiger partial charge in [0.25, 0.3) is 0 Å². The second-order valence-electron chi connectivity index (χ2n) is 6.24. The molecule has 3 aromatic rings. The monoisotopic (exact) mass is 368 g/mol. The maximum Gasteiger partial charge on any atom is 0.230 e. The van der Waals surface area contributed by atoms with Gasteiger partial charge in [0.15, 0.2) is 0 Å². The smallest absolute Gasteiger partial charge is 0.230 e. The molecule has 0 bridgehead atoms. The summed E-state index contributed by atoms with van der Waals surface area (Å²) >= 11 is 3.24. The fourth-order valence-corrected chi connectivity index (χ4v) is 4.92. The molecular formula is C20H20N2OS2. The first-order valence-electron chi connectivity index (χ1n) is 8.63. The van der Waals surface area contributed by atoms with Crippen LogP contribution < -0.4 is 5.32 Å². The van der Waals surface area contributed by atoms with E-state index in [2.05, 4.69) is 23.5 Å². The van der Waals surface area contributed by atoms with E-state index in [4.69, 9.17) is 4.98 Å². The molecule has 0 saturated heterocycles. The highest BCUT2D eigenvalue weighted by Crippen LogP contribution is 2.34. The maximum atomic E-state index is 12.2. The van der Waals surface area contributed by atoms with Crippen molar-refractivity contribution in [1.82, 2.24) is 10.3 Å². The van der Waals surface area contributed by atoms with Gasteiger partial charge in [0.05, 0.1) is 17.8 Å². The Morgan fingerprint density at radius 1 is 1.12 bits per heavy atom. The maximum absolute atomic E-state index is 12.2. The van der Waals surface area contributed by atoms with Gasteiger partial charge in [-0.1, -0.05) is 36.0 Å². The molecule has 1 aromatic carbocycles. The van der Waals surface area contributed by atoms with Crippen LogP contribution in [0.25, 0.3) is 10.9 Å². The topological polar surface area (TPSA) is 42.0 Å². The highest BCUT2D eigenvalue weighted by atomic mass is 32.2. The fourth-order valence-electron chi connectivity index (χ4n) is 3.34. The number of pyridine rings is 1. The van der Waals surface area contributed by atoms with E-state index in [1.54, 1.807) is 23.1 Å². The molecule has 5 heteroatoms. The molecule has 25 heavy (non-hydrogen) atoms. The number of aromatic nitrogens is 1. The summed E-state index contributed by atoms with van der Waals surface area (Å²) in [5, 5.41) is 7.35. The largest absolute Gasteiger partial charge is 0.350 e. The number of nitrogens with zero attached hydrogens (tertiary/aromatic N) is 1. The van der Waals surface area contributed by atoms with Crippen molar-refractivity contribution in [2.45, 2.75) is 37.3 Å². The van der Waals surface area contributed by atoms with E-state index in [1.165, 1.54) is 34.2 Å². The molecule has 0 fully saturated rings. The Kier molecular flexibility index (Phi) is 5.04. The van der Waals surface area contributed by atoms with Crippen LogP contribution in [-0.4, -0.2) is 16.6 Å². The van der Waals surface area contributed by atoms with Crippen LogP contribution >= 0.6 is 23.1 Å². The minimum Gasteiger partial charge on any atom is -0.350 e. The highest BCUT2D eigenvalue weighted by Gasteiger charge is 2.19. The summed E-state index contributed by atoms with van der Waals surface area (Å²) in [5.74, 6) is 0.487. The van der Waals surface area contributed by atoms with E-state index in [0.29, 0.717) is 12.3 Å². The van der Waals surface area contributed by atoms with Crippen LogP contribution in [0.15, 0.2) is 46.8 Å². The summed E-state index contributed by atoms with van der Waals surface area (Å²) in [5.41, 5.74) is 3.85. The summed E-state index contributed by atoms with van der Waals surface area (Å²) in [6.07, 6.45) is 4.65. The van der Waals surface area contributed by atoms with Crippen LogP contribution in [0, 0.1) is 0 Å². The van der Waals surface area contributed by atoms with Gasteiger partial charge in [0.1, 0.15) is 5.03 Å². The van der Waals surface area contributed by atoms with Crippen LogP contribution in [0.5, 0.6) is 0 Å². The van der Waals surface area contributed by atoms with Crippen molar-refractivity contribution in [3.63, 3.8) is 0 Å². The van der Waals surface area contributed by atoms with Gasteiger partial charge in [-0.25, -0.2) is 4.98 Å². The van der Waals surface area contributed by atoms with Gasteiger partial charge < -0.3 is 5.32 Å². The number of rotatable bonds is 5. The highest BCUT2D eigenvalue weighted by molar-refractivity contribution is 8.00. The minimum absolute atomic E-state index is 0.0675.